The molecule has 0 bridgehead atoms. The first-order valence-electron chi connectivity index (χ1n) is 9.55. The predicted molar refractivity (Wildman–Crippen MR) is 104 cm³/mol. The van der Waals surface area contributed by atoms with Crippen LogP contribution in [0.15, 0.2) is 24.3 Å². The highest BCUT2D eigenvalue weighted by molar-refractivity contribution is 5.31. The second-order valence-electron chi connectivity index (χ2n) is 6.88. The minimum Gasteiger partial charge on any atom is -0.494 e. The molecule has 1 aliphatic rings. The van der Waals surface area contributed by atoms with Gasteiger partial charge in [0.15, 0.2) is 0 Å². The van der Waals surface area contributed by atoms with Crippen LogP contribution in [-0.4, -0.2) is 45.9 Å². The van der Waals surface area contributed by atoms with Crippen LogP contribution in [0.25, 0.3) is 0 Å². The molecular formula is C19H30N6O. The van der Waals surface area contributed by atoms with E-state index in [2.05, 4.69) is 38.5 Å². The molecule has 3 N–H and O–H groups in total. The van der Waals surface area contributed by atoms with Gasteiger partial charge >= 0.3 is 0 Å². The number of hydrogen-bond acceptors (Lipinski definition) is 6. The van der Waals surface area contributed by atoms with E-state index in [1.54, 1.807) is 4.68 Å². The van der Waals surface area contributed by atoms with Crippen molar-refractivity contribution in [3.8, 4) is 5.75 Å². The molecule has 26 heavy (non-hydrogen) atoms. The summed E-state index contributed by atoms with van der Waals surface area (Å²) in [5.41, 5.74) is 6.90. The highest BCUT2D eigenvalue weighted by atomic mass is 16.5. The van der Waals surface area contributed by atoms with E-state index in [0.29, 0.717) is 12.6 Å². The number of nitrogens with two attached hydrogens (primary N) is 1. The van der Waals surface area contributed by atoms with Crippen molar-refractivity contribution < 1.29 is 4.74 Å². The van der Waals surface area contributed by atoms with Gasteiger partial charge in [-0.25, -0.2) is 4.68 Å². The van der Waals surface area contributed by atoms with Crippen LogP contribution < -0.4 is 15.8 Å². The molecule has 1 fully saturated rings. The Bertz CT molecular complexity index is 678. The van der Waals surface area contributed by atoms with Crippen molar-refractivity contribution in [3.63, 3.8) is 0 Å². The Kier molecular flexibility index (Phi) is 6.71. The first-order chi connectivity index (χ1) is 12.7. The van der Waals surface area contributed by atoms with E-state index in [9.17, 15) is 0 Å². The molecule has 1 aromatic heterocycles. The molecular weight excluding hydrogens is 328 g/mol. The van der Waals surface area contributed by atoms with Crippen LogP contribution in [0.4, 0.5) is 11.9 Å². The third kappa shape index (κ3) is 5.62. The average Bonchev–Trinajstić information content (AvgIpc) is 2.81. The van der Waals surface area contributed by atoms with Gasteiger partial charge < -0.3 is 15.8 Å². The van der Waals surface area contributed by atoms with Crippen molar-refractivity contribution in [1.29, 1.82) is 0 Å². The summed E-state index contributed by atoms with van der Waals surface area (Å²) in [4.78, 5) is 6.67. The minimum absolute atomic E-state index is 0.285. The Morgan fingerprint density at radius 1 is 1.19 bits per heavy atom. The lowest BCUT2D eigenvalue weighted by Gasteiger charge is -2.20. The fraction of sp³-hybridized carbons (Fsp3) is 0.579. The number of benzene rings is 1. The van der Waals surface area contributed by atoms with E-state index >= 15 is 0 Å². The zero-order valence-electron chi connectivity index (χ0n) is 15.7. The van der Waals surface area contributed by atoms with Gasteiger partial charge in [-0.05, 0) is 50.0 Å². The van der Waals surface area contributed by atoms with Crippen molar-refractivity contribution >= 4 is 11.9 Å². The minimum atomic E-state index is 0.285. The van der Waals surface area contributed by atoms with E-state index in [1.165, 1.54) is 44.3 Å². The fourth-order valence-corrected chi connectivity index (χ4v) is 3.31. The van der Waals surface area contributed by atoms with Crippen LogP contribution in [-0.2, 0) is 13.6 Å². The number of nitrogens with zero attached hydrogens (tertiary/aromatic N) is 4. The number of aromatic nitrogens is 3. The number of rotatable bonds is 8. The third-order valence-corrected chi connectivity index (χ3v) is 4.66. The Morgan fingerprint density at radius 3 is 2.73 bits per heavy atom. The number of likely N-dealkylation sites (tertiary alicyclic amines) is 1. The molecule has 1 aromatic carbocycles. The maximum atomic E-state index is 5.91. The molecule has 0 spiro atoms. The van der Waals surface area contributed by atoms with E-state index in [1.807, 2.05) is 13.1 Å². The van der Waals surface area contributed by atoms with Gasteiger partial charge in [-0.15, -0.1) is 5.10 Å². The number of ether oxygens (including phenoxy) is 1. The summed E-state index contributed by atoms with van der Waals surface area (Å²) in [7, 11) is 1.82. The maximum Gasteiger partial charge on any atom is 0.241 e. The molecule has 0 aliphatic carbocycles. The summed E-state index contributed by atoms with van der Waals surface area (Å²) >= 11 is 0. The number of nitrogen functional groups attached to an aromatic ring is 1. The van der Waals surface area contributed by atoms with Crippen molar-refractivity contribution in [2.24, 2.45) is 7.05 Å². The number of anilines is 2. The molecule has 2 aromatic rings. The molecule has 0 radical (unpaired) electrons. The lowest BCUT2D eigenvalue weighted by atomic mass is 10.2. The number of hydrogen-bond donors (Lipinski definition) is 2. The Morgan fingerprint density at radius 2 is 2.00 bits per heavy atom. The van der Waals surface area contributed by atoms with Crippen molar-refractivity contribution in [1.82, 2.24) is 19.7 Å². The largest absolute Gasteiger partial charge is 0.494 e. The summed E-state index contributed by atoms with van der Waals surface area (Å²) in [5.74, 6) is 1.91. The topological polar surface area (TPSA) is 81.2 Å². The zero-order valence-corrected chi connectivity index (χ0v) is 15.7. The SMILES string of the molecule is Cn1nc(N)nc1NCCCOc1cccc(CN2CCCCCC2)c1. The summed E-state index contributed by atoms with van der Waals surface area (Å²) in [6, 6.07) is 8.48. The summed E-state index contributed by atoms with van der Waals surface area (Å²) in [5, 5.41) is 7.22. The second-order valence-corrected chi connectivity index (χ2v) is 6.88. The van der Waals surface area contributed by atoms with Gasteiger partial charge in [0.1, 0.15) is 5.75 Å². The highest BCUT2D eigenvalue weighted by Gasteiger charge is 2.10. The van der Waals surface area contributed by atoms with Gasteiger partial charge in [0.05, 0.1) is 6.61 Å². The molecule has 7 nitrogen and oxygen atoms in total. The number of aryl methyl sites for hydroxylation is 1. The maximum absolute atomic E-state index is 5.91. The van der Waals surface area contributed by atoms with Gasteiger partial charge in [0, 0.05) is 20.1 Å². The molecule has 0 amide bonds. The lowest BCUT2D eigenvalue weighted by Crippen LogP contribution is -2.23. The smallest absolute Gasteiger partial charge is 0.241 e. The molecule has 0 atom stereocenters. The Hall–Kier alpha value is -2.28. The predicted octanol–water partition coefficient (Wildman–Crippen LogP) is 2.65. The normalized spacial score (nSPS) is 15.6. The first-order valence-corrected chi connectivity index (χ1v) is 9.55. The van der Waals surface area contributed by atoms with Crippen LogP contribution in [0.1, 0.15) is 37.7 Å². The summed E-state index contributed by atoms with van der Waals surface area (Å²) in [6.45, 7) is 4.87. The molecule has 142 valence electrons. The van der Waals surface area contributed by atoms with Gasteiger partial charge in [-0.1, -0.05) is 25.0 Å². The summed E-state index contributed by atoms with van der Waals surface area (Å²) < 4.78 is 7.55. The average molecular weight is 358 g/mol. The monoisotopic (exact) mass is 358 g/mol. The van der Waals surface area contributed by atoms with Gasteiger partial charge in [-0.3, -0.25) is 4.90 Å². The van der Waals surface area contributed by atoms with Crippen LogP contribution in [0.3, 0.4) is 0 Å². The molecule has 1 aliphatic heterocycles. The van der Waals surface area contributed by atoms with Crippen LogP contribution in [0, 0.1) is 0 Å². The lowest BCUT2D eigenvalue weighted by molar-refractivity contribution is 0.275. The molecule has 0 unspecified atom stereocenters. The van der Waals surface area contributed by atoms with Gasteiger partial charge in [0.2, 0.25) is 11.9 Å². The van der Waals surface area contributed by atoms with E-state index < -0.39 is 0 Å². The molecule has 0 saturated carbocycles. The third-order valence-electron chi connectivity index (χ3n) is 4.66. The Balaban J connectivity index is 1.40. The van der Waals surface area contributed by atoms with Crippen LogP contribution in [0.5, 0.6) is 5.75 Å². The summed E-state index contributed by atoms with van der Waals surface area (Å²) in [6.07, 6.45) is 6.26. The van der Waals surface area contributed by atoms with E-state index in [4.69, 9.17) is 10.5 Å². The molecule has 7 heteroatoms. The van der Waals surface area contributed by atoms with Crippen molar-refractivity contribution in [2.45, 2.75) is 38.6 Å². The second kappa shape index (κ2) is 9.43. The zero-order chi connectivity index (χ0) is 18.2. The Labute approximate surface area is 155 Å². The molecule has 2 heterocycles. The van der Waals surface area contributed by atoms with E-state index in [0.717, 1.165) is 25.3 Å². The van der Waals surface area contributed by atoms with E-state index in [-0.39, 0.29) is 5.95 Å². The molecule has 1 saturated heterocycles. The first kappa shape index (κ1) is 18.5. The fourth-order valence-electron chi connectivity index (χ4n) is 3.31. The van der Waals surface area contributed by atoms with Crippen LogP contribution >= 0.6 is 0 Å². The van der Waals surface area contributed by atoms with Gasteiger partial charge in [0.25, 0.3) is 0 Å². The highest BCUT2D eigenvalue weighted by Crippen LogP contribution is 2.17. The van der Waals surface area contributed by atoms with Crippen molar-refractivity contribution in [2.75, 3.05) is 37.3 Å². The quantitative estimate of drug-likeness (QED) is 0.706. The number of nitrogens with one attached hydrogen (secondary N) is 1. The standard InChI is InChI=1S/C19H30N6O/c1-24-19(22-18(20)23-24)21-10-7-13-26-17-9-6-8-16(14-17)15-25-11-4-2-3-5-12-25/h6,8-9,14H,2-5,7,10-13,15H2,1H3,(H3,20,21,22,23). The van der Waals surface area contributed by atoms with Gasteiger partial charge in [-0.2, -0.15) is 4.98 Å². The molecule has 3 rings (SSSR count). The van der Waals surface area contributed by atoms with Crippen LogP contribution in [0.2, 0.25) is 0 Å². The van der Waals surface area contributed by atoms with Crippen molar-refractivity contribution in [3.05, 3.63) is 29.8 Å².